The molecule has 3 nitrogen and oxygen atoms in total. The predicted octanol–water partition coefficient (Wildman–Crippen LogP) is 3.28. The first kappa shape index (κ1) is 10.2. The standard InChI is InChI=1S/C12H6ClFN2O/c13-6-3-10-12(11(17)4-6)16-9-5-7(14)1-2-8(9)15-10/h1-5,17H. The summed E-state index contributed by atoms with van der Waals surface area (Å²) in [6.45, 7) is 0. The molecule has 2 aromatic carbocycles. The van der Waals surface area contributed by atoms with Crippen LogP contribution in [0.25, 0.3) is 22.1 Å². The third-order valence-corrected chi connectivity index (χ3v) is 2.66. The second kappa shape index (κ2) is 3.53. The van der Waals surface area contributed by atoms with Crippen molar-refractivity contribution in [2.75, 3.05) is 0 Å². The quantitative estimate of drug-likeness (QED) is 0.621. The molecule has 0 unspecified atom stereocenters. The van der Waals surface area contributed by atoms with Crippen LogP contribution in [0.15, 0.2) is 30.3 Å². The van der Waals surface area contributed by atoms with E-state index in [9.17, 15) is 9.50 Å². The van der Waals surface area contributed by atoms with Gasteiger partial charge in [0.05, 0.1) is 16.6 Å². The van der Waals surface area contributed by atoms with E-state index in [1.54, 1.807) is 6.07 Å². The van der Waals surface area contributed by atoms with Gasteiger partial charge < -0.3 is 5.11 Å². The number of nitrogens with zero attached hydrogens (tertiary/aromatic N) is 2. The predicted molar refractivity (Wildman–Crippen MR) is 63.7 cm³/mol. The van der Waals surface area contributed by atoms with Gasteiger partial charge in [-0.1, -0.05) is 11.6 Å². The van der Waals surface area contributed by atoms with E-state index in [0.717, 1.165) is 0 Å². The summed E-state index contributed by atoms with van der Waals surface area (Å²) in [5.41, 5.74) is 1.75. The van der Waals surface area contributed by atoms with Crippen molar-refractivity contribution in [2.45, 2.75) is 0 Å². The van der Waals surface area contributed by atoms with Gasteiger partial charge in [-0.25, -0.2) is 14.4 Å². The molecule has 1 heterocycles. The summed E-state index contributed by atoms with van der Waals surface area (Å²) in [6.07, 6.45) is 0. The van der Waals surface area contributed by atoms with Gasteiger partial charge in [-0.2, -0.15) is 0 Å². The average Bonchev–Trinajstić information content (AvgIpc) is 2.27. The molecule has 0 fully saturated rings. The molecule has 0 radical (unpaired) electrons. The van der Waals surface area contributed by atoms with E-state index in [0.29, 0.717) is 27.1 Å². The fourth-order valence-corrected chi connectivity index (χ4v) is 1.91. The van der Waals surface area contributed by atoms with Crippen molar-refractivity contribution in [2.24, 2.45) is 0 Å². The summed E-state index contributed by atoms with van der Waals surface area (Å²) >= 11 is 5.81. The highest BCUT2D eigenvalue weighted by Gasteiger charge is 2.07. The summed E-state index contributed by atoms with van der Waals surface area (Å²) in [7, 11) is 0. The third kappa shape index (κ3) is 1.66. The van der Waals surface area contributed by atoms with Gasteiger partial charge in [-0.15, -0.1) is 0 Å². The van der Waals surface area contributed by atoms with Gasteiger partial charge in [-0.3, -0.25) is 0 Å². The van der Waals surface area contributed by atoms with E-state index in [2.05, 4.69) is 9.97 Å². The lowest BCUT2D eigenvalue weighted by molar-refractivity contribution is 0.480. The summed E-state index contributed by atoms with van der Waals surface area (Å²) in [5, 5.41) is 10.1. The lowest BCUT2D eigenvalue weighted by atomic mass is 10.2. The van der Waals surface area contributed by atoms with Crippen molar-refractivity contribution in [1.82, 2.24) is 9.97 Å². The maximum absolute atomic E-state index is 13.0. The monoisotopic (exact) mass is 248 g/mol. The number of halogens is 2. The first-order chi connectivity index (χ1) is 8.13. The van der Waals surface area contributed by atoms with Crippen molar-refractivity contribution in [3.05, 3.63) is 41.2 Å². The molecule has 0 saturated carbocycles. The molecule has 1 N–H and O–H groups in total. The summed E-state index contributed by atoms with van der Waals surface area (Å²) < 4.78 is 13.0. The molecule has 3 aromatic rings. The van der Waals surface area contributed by atoms with Crippen LogP contribution in [0.2, 0.25) is 5.02 Å². The minimum atomic E-state index is -0.389. The van der Waals surface area contributed by atoms with E-state index < -0.39 is 0 Å². The molecule has 0 spiro atoms. The van der Waals surface area contributed by atoms with Crippen LogP contribution in [0.4, 0.5) is 4.39 Å². The van der Waals surface area contributed by atoms with Crippen molar-refractivity contribution in [1.29, 1.82) is 0 Å². The number of phenols is 1. The maximum atomic E-state index is 13.0. The molecule has 0 amide bonds. The average molecular weight is 249 g/mol. The van der Waals surface area contributed by atoms with Crippen LogP contribution in [0.5, 0.6) is 5.75 Å². The number of hydrogen-bond acceptors (Lipinski definition) is 3. The normalized spacial score (nSPS) is 11.2. The van der Waals surface area contributed by atoms with Crippen molar-refractivity contribution >= 4 is 33.7 Å². The van der Waals surface area contributed by atoms with E-state index >= 15 is 0 Å². The largest absolute Gasteiger partial charge is 0.506 e. The van der Waals surface area contributed by atoms with Crippen LogP contribution in [-0.4, -0.2) is 15.1 Å². The topological polar surface area (TPSA) is 46.0 Å². The number of fused-ring (bicyclic) bond motifs is 2. The summed E-state index contributed by atoms with van der Waals surface area (Å²) in [4.78, 5) is 8.43. The Morgan fingerprint density at radius 3 is 2.65 bits per heavy atom. The Balaban J connectivity index is 2.48. The van der Waals surface area contributed by atoms with Gasteiger partial charge in [0.1, 0.15) is 17.1 Å². The molecule has 0 bridgehead atoms. The lowest BCUT2D eigenvalue weighted by Crippen LogP contribution is -1.89. The van der Waals surface area contributed by atoms with Gasteiger partial charge in [-0.05, 0) is 18.2 Å². The smallest absolute Gasteiger partial charge is 0.144 e. The number of hydrogen-bond donors (Lipinski definition) is 1. The maximum Gasteiger partial charge on any atom is 0.144 e. The van der Waals surface area contributed by atoms with Crippen LogP contribution in [0.3, 0.4) is 0 Å². The molecule has 5 heteroatoms. The number of phenolic OH excluding ortho intramolecular Hbond substituents is 1. The molecule has 0 aliphatic heterocycles. The molecule has 0 saturated heterocycles. The Morgan fingerprint density at radius 1 is 1.00 bits per heavy atom. The zero-order valence-electron chi connectivity index (χ0n) is 8.48. The minimum Gasteiger partial charge on any atom is -0.506 e. The van der Waals surface area contributed by atoms with Gasteiger partial charge in [0.2, 0.25) is 0 Å². The fraction of sp³-hybridized carbons (Fsp3) is 0. The highest BCUT2D eigenvalue weighted by atomic mass is 35.5. The summed E-state index contributed by atoms with van der Waals surface area (Å²) in [6, 6.07) is 7.11. The number of aromatic hydroxyl groups is 1. The van der Waals surface area contributed by atoms with Crippen LogP contribution >= 0.6 is 11.6 Å². The van der Waals surface area contributed by atoms with Gasteiger partial charge in [0.25, 0.3) is 0 Å². The Kier molecular flexibility index (Phi) is 2.12. The SMILES string of the molecule is Oc1cc(Cl)cc2nc3ccc(F)cc3nc12. The van der Waals surface area contributed by atoms with E-state index in [4.69, 9.17) is 11.6 Å². The van der Waals surface area contributed by atoms with Crippen molar-refractivity contribution in [3.8, 4) is 5.75 Å². The highest BCUT2D eigenvalue weighted by Crippen LogP contribution is 2.28. The number of benzene rings is 2. The second-order valence-corrected chi connectivity index (χ2v) is 4.09. The van der Waals surface area contributed by atoms with E-state index in [1.165, 1.54) is 24.3 Å². The molecule has 0 aliphatic carbocycles. The zero-order chi connectivity index (χ0) is 12.0. The van der Waals surface area contributed by atoms with Crippen LogP contribution in [0, 0.1) is 5.82 Å². The Morgan fingerprint density at radius 2 is 1.82 bits per heavy atom. The minimum absolute atomic E-state index is 0.0637. The van der Waals surface area contributed by atoms with Crippen LogP contribution < -0.4 is 0 Å². The Labute approximate surface area is 100 Å². The van der Waals surface area contributed by atoms with Crippen LogP contribution in [0.1, 0.15) is 0 Å². The van der Waals surface area contributed by atoms with E-state index in [-0.39, 0.29) is 11.6 Å². The van der Waals surface area contributed by atoms with E-state index in [1.807, 2.05) is 0 Å². The third-order valence-electron chi connectivity index (χ3n) is 2.45. The van der Waals surface area contributed by atoms with Crippen molar-refractivity contribution in [3.63, 3.8) is 0 Å². The molecule has 0 aliphatic rings. The highest BCUT2D eigenvalue weighted by molar-refractivity contribution is 6.31. The molecular weight excluding hydrogens is 243 g/mol. The number of rotatable bonds is 0. The Hall–Kier alpha value is -1.94. The molecule has 17 heavy (non-hydrogen) atoms. The molecular formula is C12H6ClFN2O. The number of aromatic nitrogens is 2. The summed E-state index contributed by atoms with van der Waals surface area (Å²) in [5.74, 6) is -0.453. The fourth-order valence-electron chi connectivity index (χ4n) is 1.70. The molecule has 1 aromatic heterocycles. The first-order valence-corrected chi connectivity index (χ1v) is 5.27. The Bertz CT molecular complexity index is 745. The van der Waals surface area contributed by atoms with Gasteiger partial charge >= 0.3 is 0 Å². The lowest BCUT2D eigenvalue weighted by Gasteiger charge is -2.03. The molecule has 3 rings (SSSR count). The molecule has 84 valence electrons. The van der Waals surface area contributed by atoms with Crippen molar-refractivity contribution < 1.29 is 9.50 Å². The van der Waals surface area contributed by atoms with Gasteiger partial charge in [0, 0.05) is 17.2 Å². The van der Waals surface area contributed by atoms with Crippen LogP contribution in [-0.2, 0) is 0 Å². The second-order valence-electron chi connectivity index (χ2n) is 3.65. The van der Waals surface area contributed by atoms with Gasteiger partial charge in [0.15, 0.2) is 0 Å². The zero-order valence-corrected chi connectivity index (χ0v) is 9.24. The molecule has 0 atom stereocenters. The first-order valence-electron chi connectivity index (χ1n) is 4.89.